The lowest BCUT2D eigenvalue weighted by Crippen LogP contribution is -2.54. The van der Waals surface area contributed by atoms with Gasteiger partial charge in [0.2, 0.25) is 11.8 Å². The lowest BCUT2D eigenvalue weighted by atomic mass is 9.84. The Bertz CT molecular complexity index is 1560. The zero-order valence-corrected chi connectivity index (χ0v) is 36.8. The summed E-state index contributed by atoms with van der Waals surface area (Å²) in [5.74, 6) is -0.891. The molecule has 1 saturated heterocycles. The van der Waals surface area contributed by atoms with Crippen LogP contribution in [0.4, 0.5) is 0 Å². The normalized spacial score (nSPS) is 18.6. The Morgan fingerprint density at radius 1 is 0.862 bits per heavy atom. The van der Waals surface area contributed by atoms with Crippen molar-refractivity contribution < 1.29 is 28.7 Å². The fraction of sp³-hybridized carbons (Fsp3) is 0.633. The smallest absolute Gasteiger partial charge is 0.226 e. The summed E-state index contributed by atoms with van der Waals surface area (Å²) in [5, 5.41) is 3.13. The van der Waals surface area contributed by atoms with E-state index in [0.29, 0.717) is 13.0 Å². The SMILES string of the molecule is C.CC[C@H](C)[C@@H]([C@@H](CC(=O)N1CCC[C@H]1[C@H](OC)[C@@H](C)C(=O)C[C@H](/C=C/c1ccccc1)Cc1ccccc1)OC)N(C)C(=O)[C@@H](CC(=O)[C@@H](NC)C(C)C)C(C)C. The molecule has 2 aromatic carbocycles. The van der Waals surface area contributed by atoms with E-state index < -0.39 is 24.0 Å². The van der Waals surface area contributed by atoms with E-state index in [1.165, 1.54) is 5.56 Å². The third-order valence-corrected chi connectivity index (χ3v) is 12.4. The molecule has 2 aromatic rings. The number of Topliss-reactive ketones (excluding diaryl/α,β-unsaturated/α-hetero) is 2. The standard InChI is InChI=1S/C48H73N3O6.CH4/c1-12-34(6)46(50(9)48(55)39(32(2)3)30-42(53)45(49-8)33(4)5)43(56-10)31-44(54)51-27-19-24-40(51)47(57-11)35(7)41(52)29-38(28-37-22-17-14-18-23-37)26-25-36-20-15-13-16-21-36;/h13-18,20-23,25-26,32-35,38-40,43,45-47,49H,12,19,24,27-31H2,1-11H3;1H4/b26-25+;/t34-,35-,38+,39-,40-,43+,45-,46-,47+;/m0./s1. The number of benzene rings is 2. The van der Waals surface area contributed by atoms with Gasteiger partial charge in [-0.2, -0.15) is 0 Å². The van der Waals surface area contributed by atoms with E-state index in [0.717, 1.165) is 31.2 Å². The van der Waals surface area contributed by atoms with Crippen molar-refractivity contribution in [3.05, 3.63) is 77.9 Å². The molecule has 1 fully saturated rings. The zero-order chi connectivity index (χ0) is 42.2. The first-order chi connectivity index (χ1) is 27.2. The Morgan fingerprint density at radius 2 is 1.48 bits per heavy atom. The molecule has 0 unspecified atom stereocenters. The highest BCUT2D eigenvalue weighted by atomic mass is 16.5. The summed E-state index contributed by atoms with van der Waals surface area (Å²) in [6, 6.07) is 19.4. The first-order valence-electron chi connectivity index (χ1n) is 21.3. The largest absolute Gasteiger partial charge is 0.379 e. The Morgan fingerprint density at radius 3 is 2.02 bits per heavy atom. The van der Waals surface area contributed by atoms with Crippen LogP contribution in [0.5, 0.6) is 0 Å². The van der Waals surface area contributed by atoms with Crippen LogP contribution >= 0.6 is 0 Å². The average Bonchev–Trinajstić information content (AvgIpc) is 3.69. The van der Waals surface area contributed by atoms with Gasteiger partial charge in [0.05, 0.1) is 36.8 Å². The molecule has 0 aromatic heterocycles. The molecule has 2 amide bonds. The second-order valence-electron chi connectivity index (χ2n) is 17.0. The van der Waals surface area contributed by atoms with E-state index in [9.17, 15) is 19.2 Å². The maximum absolute atomic E-state index is 14.3. The van der Waals surface area contributed by atoms with Gasteiger partial charge in [0.25, 0.3) is 0 Å². The molecule has 9 atom stereocenters. The predicted molar refractivity (Wildman–Crippen MR) is 237 cm³/mol. The molecule has 0 radical (unpaired) electrons. The minimum Gasteiger partial charge on any atom is -0.379 e. The number of likely N-dealkylation sites (N-methyl/N-ethyl adjacent to an activating group) is 2. The number of nitrogens with one attached hydrogen (secondary N) is 1. The van der Waals surface area contributed by atoms with Crippen LogP contribution in [0.25, 0.3) is 6.08 Å². The number of hydrogen-bond acceptors (Lipinski definition) is 7. The number of likely N-dealkylation sites (tertiary alicyclic amines) is 1. The monoisotopic (exact) mass is 804 g/mol. The van der Waals surface area contributed by atoms with Crippen LogP contribution in [0.15, 0.2) is 66.7 Å². The van der Waals surface area contributed by atoms with Crippen molar-refractivity contribution in [2.45, 2.75) is 131 Å². The highest BCUT2D eigenvalue weighted by Gasteiger charge is 2.43. The van der Waals surface area contributed by atoms with Crippen molar-refractivity contribution >= 4 is 29.5 Å². The van der Waals surface area contributed by atoms with E-state index in [-0.39, 0.29) is 85.4 Å². The topological polar surface area (TPSA) is 105 Å². The number of ketones is 2. The third kappa shape index (κ3) is 14.0. The number of ether oxygens (including phenoxy) is 2. The van der Waals surface area contributed by atoms with Crippen LogP contribution in [-0.2, 0) is 35.1 Å². The van der Waals surface area contributed by atoms with Gasteiger partial charge in [-0.25, -0.2) is 0 Å². The molecule has 58 heavy (non-hydrogen) atoms. The number of allylic oxidation sites excluding steroid dienone is 1. The number of methoxy groups -OCH3 is 2. The Balaban J connectivity index is 0.0000116. The van der Waals surface area contributed by atoms with E-state index >= 15 is 0 Å². The molecule has 0 aliphatic carbocycles. The van der Waals surface area contributed by atoms with Gasteiger partial charge in [0, 0.05) is 52.5 Å². The highest BCUT2D eigenvalue weighted by Crippen LogP contribution is 2.32. The van der Waals surface area contributed by atoms with Gasteiger partial charge < -0.3 is 24.6 Å². The molecular formula is C49H77N3O6. The van der Waals surface area contributed by atoms with Crippen molar-refractivity contribution in [3.63, 3.8) is 0 Å². The summed E-state index contributed by atoms with van der Waals surface area (Å²) in [4.78, 5) is 59.7. The molecule has 1 N–H and O–H groups in total. The molecule has 324 valence electrons. The summed E-state index contributed by atoms with van der Waals surface area (Å²) in [6.07, 6.45) is 6.87. The van der Waals surface area contributed by atoms with E-state index in [4.69, 9.17) is 9.47 Å². The van der Waals surface area contributed by atoms with Gasteiger partial charge in [-0.15, -0.1) is 0 Å². The molecule has 0 bridgehead atoms. The van der Waals surface area contributed by atoms with Crippen LogP contribution in [0.1, 0.15) is 106 Å². The quantitative estimate of drug-likeness (QED) is 0.113. The molecular weight excluding hydrogens is 727 g/mol. The Hall–Kier alpha value is -3.66. The lowest BCUT2D eigenvalue weighted by Gasteiger charge is -2.41. The summed E-state index contributed by atoms with van der Waals surface area (Å²) in [7, 11) is 6.82. The van der Waals surface area contributed by atoms with E-state index in [1.54, 1.807) is 33.2 Å². The maximum atomic E-state index is 14.3. The summed E-state index contributed by atoms with van der Waals surface area (Å²) < 4.78 is 12.2. The number of carbonyl (C=O) groups is 4. The van der Waals surface area contributed by atoms with Crippen molar-refractivity contribution in [1.82, 2.24) is 15.1 Å². The average molecular weight is 804 g/mol. The fourth-order valence-electron chi connectivity index (χ4n) is 8.80. The molecule has 3 rings (SSSR count). The first kappa shape index (κ1) is 50.5. The van der Waals surface area contributed by atoms with Crippen molar-refractivity contribution in [1.29, 1.82) is 0 Å². The van der Waals surface area contributed by atoms with Gasteiger partial charge in [-0.05, 0) is 61.1 Å². The molecule has 1 aliphatic heterocycles. The van der Waals surface area contributed by atoms with Gasteiger partial charge in [-0.3, -0.25) is 19.2 Å². The van der Waals surface area contributed by atoms with Gasteiger partial charge >= 0.3 is 0 Å². The lowest BCUT2D eigenvalue weighted by molar-refractivity contribution is -0.149. The molecule has 9 nitrogen and oxygen atoms in total. The van der Waals surface area contributed by atoms with E-state index in [1.807, 2.05) is 75.9 Å². The first-order valence-corrected chi connectivity index (χ1v) is 21.3. The van der Waals surface area contributed by atoms with Crippen molar-refractivity contribution in [3.8, 4) is 0 Å². The van der Waals surface area contributed by atoms with Crippen molar-refractivity contribution in [2.24, 2.45) is 35.5 Å². The molecule has 1 aliphatic rings. The molecule has 0 saturated carbocycles. The molecule has 0 spiro atoms. The van der Waals surface area contributed by atoms with Gasteiger partial charge in [0.1, 0.15) is 5.78 Å². The number of carbonyl (C=O) groups excluding carboxylic acids is 4. The fourth-order valence-corrected chi connectivity index (χ4v) is 8.80. The maximum Gasteiger partial charge on any atom is 0.226 e. The minimum absolute atomic E-state index is 0. The summed E-state index contributed by atoms with van der Waals surface area (Å²) in [6.45, 7) is 14.6. The minimum atomic E-state index is -0.568. The second kappa shape index (κ2) is 25.1. The molecule has 1 heterocycles. The third-order valence-electron chi connectivity index (χ3n) is 12.4. The van der Waals surface area contributed by atoms with Crippen molar-refractivity contribution in [2.75, 3.05) is 34.9 Å². The van der Waals surface area contributed by atoms with Gasteiger partial charge in [-0.1, -0.05) is 135 Å². The number of amides is 2. The van der Waals surface area contributed by atoms with Crippen LogP contribution < -0.4 is 5.32 Å². The Labute approximate surface area is 351 Å². The van der Waals surface area contributed by atoms with E-state index in [2.05, 4.69) is 55.6 Å². The van der Waals surface area contributed by atoms with Gasteiger partial charge in [0.15, 0.2) is 5.78 Å². The predicted octanol–water partition coefficient (Wildman–Crippen LogP) is 8.55. The van der Waals surface area contributed by atoms with Crippen LogP contribution in [-0.4, -0.2) is 98.4 Å². The number of nitrogens with zero attached hydrogens (tertiary/aromatic N) is 2. The number of rotatable bonds is 24. The van der Waals surface area contributed by atoms with Crippen LogP contribution in [0, 0.1) is 35.5 Å². The summed E-state index contributed by atoms with van der Waals surface area (Å²) in [5.41, 5.74) is 2.26. The molecule has 9 heteroatoms. The second-order valence-corrected chi connectivity index (χ2v) is 17.0. The summed E-state index contributed by atoms with van der Waals surface area (Å²) >= 11 is 0. The van der Waals surface area contributed by atoms with Crippen LogP contribution in [0.3, 0.4) is 0 Å². The highest BCUT2D eigenvalue weighted by molar-refractivity contribution is 5.90. The number of hydrogen-bond donors (Lipinski definition) is 1. The zero-order valence-electron chi connectivity index (χ0n) is 36.8. The van der Waals surface area contributed by atoms with Crippen LogP contribution in [0.2, 0.25) is 0 Å². The Kier molecular flexibility index (Phi) is 21.8.